The topological polar surface area (TPSA) is 69.4 Å². The van der Waals surface area contributed by atoms with Gasteiger partial charge in [-0.1, -0.05) is 212 Å². The van der Waals surface area contributed by atoms with E-state index in [2.05, 4.69) is 170 Å². The molecule has 7 aliphatic rings. The number of rotatable bonds is 3. The van der Waals surface area contributed by atoms with Crippen molar-refractivity contribution >= 4 is 54.1 Å². The second kappa shape index (κ2) is 19.1. The van der Waals surface area contributed by atoms with Crippen LogP contribution in [0.5, 0.6) is 5.75 Å². The lowest BCUT2D eigenvalue weighted by atomic mass is 9.69. The van der Waals surface area contributed by atoms with Gasteiger partial charge in [-0.15, -0.1) is 0 Å². The van der Waals surface area contributed by atoms with Crippen molar-refractivity contribution in [3.8, 4) is 72.5 Å². The number of hydrogen-bond donors (Lipinski definition) is 1. The molecule has 0 heterocycles. The lowest BCUT2D eigenvalue weighted by molar-refractivity contribution is -0.0499. The Morgan fingerprint density at radius 3 is 1.53 bits per heavy atom. The molecule has 0 amide bonds. The van der Waals surface area contributed by atoms with Crippen LogP contribution in [-0.4, -0.2) is 21.0 Å². The minimum absolute atomic E-state index is 0.269. The molecule has 4 nitrogen and oxygen atoms in total. The fourth-order valence-corrected chi connectivity index (χ4v) is 17.0. The molecule has 7 aliphatic carbocycles. The minimum atomic E-state index is -5.94. The standard InChI is InChI=1S/C40H25F3O3S.C39H24.CH5N/c41-40(42,43)47(44,45)46-37-22-25-12-2-1-11-24(25)21-32(37)31-23-36-38(29-16-4-3-13-26(29)31)30-17-7-10-20-35(30)39(36)33-18-8-5-14-27(33)28-15-6-9-19-34(28)39;1-2-11-24-21-31-30(20-23(24)10-1)27-15-9-16-29-37(27)32(31)22-36-38(29)28-14-5-8-19-35(28)39(36)33-17-6-3-12-25(33)26-13-4-7-18-34(26)39;1-2/h1,3-11,13-23H,2,12H2;1-4,6-7,9-22H,5,8H2;2H2,1H3. The third kappa shape index (κ3) is 6.93. The number of fused-ring (bicyclic) bond motifs is 28. The van der Waals surface area contributed by atoms with E-state index in [0.29, 0.717) is 18.4 Å². The Balaban J connectivity index is 0.000000135. The summed E-state index contributed by atoms with van der Waals surface area (Å²) in [7, 11) is -4.44. The Kier molecular flexibility index (Phi) is 11.4. The van der Waals surface area contributed by atoms with E-state index < -0.39 is 21.0 Å². The first kappa shape index (κ1) is 52.5. The number of halogens is 3. The van der Waals surface area contributed by atoms with Gasteiger partial charge >= 0.3 is 15.6 Å². The van der Waals surface area contributed by atoms with Crippen LogP contribution in [0.1, 0.15) is 74.9 Å². The molecule has 8 heteroatoms. The highest BCUT2D eigenvalue weighted by atomic mass is 32.2. The maximum atomic E-state index is 13.7. The molecule has 0 atom stereocenters. The normalized spacial score (nSPS) is 15.5. The second-order valence-corrected chi connectivity index (χ2v) is 25.3. The molecule has 0 aromatic heterocycles. The summed E-state index contributed by atoms with van der Waals surface area (Å²) in [5.41, 5.74) is 26.1. The summed E-state index contributed by atoms with van der Waals surface area (Å²) in [6, 6.07) is 79.7. The van der Waals surface area contributed by atoms with E-state index >= 15 is 0 Å². The van der Waals surface area contributed by atoms with Crippen LogP contribution in [0.3, 0.4) is 0 Å². The van der Waals surface area contributed by atoms with Crippen LogP contribution in [0.2, 0.25) is 0 Å². The number of alkyl halides is 3. The molecule has 2 spiro atoms. The van der Waals surface area contributed by atoms with Crippen LogP contribution in [0.4, 0.5) is 13.2 Å². The first-order valence-corrected chi connectivity index (χ1v) is 31.5. The maximum Gasteiger partial charge on any atom is 0.534 e. The molecule has 0 saturated carbocycles. The molecule has 0 radical (unpaired) electrons. The lowest BCUT2D eigenvalue weighted by Crippen LogP contribution is -2.28. The first-order chi connectivity index (χ1) is 43.1. The predicted molar refractivity (Wildman–Crippen MR) is 352 cm³/mol. The van der Waals surface area contributed by atoms with Crippen molar-refractivity contribution in [3.63, 3.8) is 0 Å². The first-order valence-electron chi connectivity index (χ1n) is 30.1. The van der Waals surface area contributed by atoms with E-state index in [-0.39, 0.29) is 16.7 Å². The van der Waals surface area contributed by atoms with Gasteiger partial charge in [0.15, 0.2) is 5.75 Å². The highest BCUT2D eigenvalue weighted by molar-refractivity contribution is 7.88. The van der Waals surface area contributed by atoms with E-state index in [0.717, 1.165) is 79.2 Å². The minimum Gasteiger partial charge on any atom is -0.375 e. The second-order valence-electron chi connectivity index (χ2n) is 23.7. The Bertz CT molecular complexity index is 5210. The van der Waals surface area contributed by atoms with Crippen molar-refractivity contribution in [2.75, 3.05) is 7.05 Å². The predicted octanol–water partition coefficient (Wildman–Crippen LogP) is 19.7. The number of benzene rings is 12. The molecule has 12 aromatic carbocycles. The fraction of sp³-hybridized carbons (Fsp3) is 0.100. The monoisotopic (exact) mass is 1170 g/mol. The molecule has 12 aromatic rings. The zero-order chi connectivity index (χ0) is 59.4. The molecule has 0 fully saturated rings. The average molecular weight is 1170 g/mol. The van der Waals surface area contributed by atoms with Crippen molar-refractivity contribution in [2.24, 2.45) is 5.73 Å². The maximum absolute atomic E-state index is 13.7. The van der Waals surface area contributed by atoms with Gasteiger partial charge in [-0.25, -0.2) is 0 Å². The summed E-state index contributed by atoms with van der Waals surface area (Å²) >= 11 is 0. The number of allylic oxidation sites excluding steroid dienone is 5. The largest absolute Gasteiger partial charge is 0.534 e. The van der Waals surface area contributed by atoms with Crippen LogP contribution in [0.25, 0.3) is 111 Å². The highest BCUT2D eigenvalue weighted by Crippen LogP contribution is 2.68. The Hall–Kier alpha value is -9.86. The zero-order valence-corrected chi connectivity index (χ0v) is 48.7. The van der Waals surface area contributed by atoms with Gasteiger partial charge in [-0.2, -0.15) is 21.6 Å². The van der Waals surface area contributed by atoms with E-state index in [1.807, 2.05) is 72.8 Å². The lowest BCUT2D eigenvalue weighted by Gasteiger charge is -2.32. The number of nitrogens with two attached hydrogens (primary N) is 1. The van der Waals surface area contributed by atoms with Crippen molar-refractivity contribution in [3.05, 3.63) is 304 Å². The molecule has 424 valence electrons. The van der Waals surface area contributed by atoms with E-state index in [4.69, 9.17) is 4.18 Å². The Morgan fingerprint density at radius 1 is 0.420 bits per heavy atom. The third-order valence-corrected chi connectivity index (χ3v) is 20.7. The zero-order valence-electron chi connectivity index (χ0n) is 47.8. The molecule has 0 aliphatic heterocycles. The number of hydrogen-bond acceptors (Lipinski definition) is 4. The quantitative estimate of drug-likeness (QED) is 0.141. The van der Waals surface area contributed by atoms with Gasteiger partial charge in [0.25, 0.3) is 0 Å². The summed E-state index contributed by atoms with van der Waals surface area (Å²) in [5.74, 6) is -0.335. The molecule has 19 rings (SSSR count). The SMILES string of the molecule is C1=C2C(=CCC1)C1(c3ccccc3-c3ccccc31)c1cc3c4c(cccc4c12)-c1cc2ccccc2cc1-3.CN.O=S(=O)(Oc1cc2c(cc1-c1cc3c(c4ccccc14)-c1ccccc1C31c3ccccc3-c3ccccc31)C=CCC2)C(F)(F)F. The third-order valence-electron chi connectivity index (χ3n) is 19.7. The average Bonchev–Trinajstić information content (AvgIpc) is 1.52. The molecule has 2 N–H and O–H groups in total. The molecule has 0 saturated heterocycles. The van der Waals surface area contributed by atoms with Crippen molar-refractivity contribution in [2.45, 2.75) is 42.0 Å². The molecular formula is C80H54F3NO3S. The fourth-order valence-electron chi connectivity index (χ4n) is 16.5. The van der Waals surface area contributed by atoms with Gasteiger partial charge < -0.3 is 9.92 Å². The Labute approximate surface area is 508 Å². The summed E-state index contributed by atoms with van der Waals surface area (Å²) in [4.78, 5) is 0. The smallest absolute Gasteiger partial charge is 0.375 e. The van der Waals surface area contributed by atoms with Crippen molar-refractivity contribution < 1.29 is 25.8 Å². The van der Waals surface area contributed by atoms with E-state index in [1.165, 1.54) is 101 Å². The molecular weight excluding hydrogens is 1110 g/mol. The Morgan fingerprint density at radius 2 is 0.909 bits per heavy atom. The summed E-state index contributed by atoms with van der Waals surface area (Å²) in [5, 5.41) is 7.14. The summed E-state index contributed by atoms with van der Waals surface area (Å²) < 4.78 is 71.2. The van der Waals surface area contributed by atoms with E-state index in [9.17, 15) is 21.6 Å². The highest BCUT2D eigenvalue weighted by Gasteiger charge is 2.56. The van der Waals surface area contributed by atoms with E-state index in [1.54, 1.807) is 6.07 Å². The van der Waals surface area contributed by atoms with Crippen molar-refractivity contribution in [1.82, 2.24) is 0 Å². The van der Waals surface area contributed by atoms with Crippen LogP contribution in [0, 0.1) is 0 Å². The van der Waals surface area contributed by atoms with Crippen LogP contribution >= 0.6 is 0 Å². The van der Waals surface area contributed by atoms with Crippen molar-refractivity contribution in [1.29, 1.82) is 0 Å². The van der Waals surface area contributed by atoms with Gasteiger partial charge in [0.1, 0.15) is 0 Å². The van der Waals surface area contributed by atoms with Gasteiger partial charge in [-0.3, -0.25) is 0 Å². The van der Waals surface area contributed by atoms with Gasteiger partial charge in [0.05, 0.1) is 10.8 Å². The van der Waals surface area contributed by atoms with Gasteiger partial charge in [0.2, 0.25) is 0 Å². The van der Waals surface area contributed by atoms with Gasteiger partial charge in [-0.05, 0) is 229 Å². The van der Waals surface area contributed by atoms with Crippen LogP contribution in [-0.2, 0) is 27.4 Å². The molecule has 88 heavy (non-hydrogen) atoms. The van der Waals surface area contributed by atoms with Gasteiger partial charge in [0, 0.05) is 5.56 Å². The summed E-state index contributed by atoms with van der Waals surface area (Å²) in [6.45, 7) is 0. The van der Waals surface area contributed by atoms with Crippen LogP contribution < -0.4 is 9.92 Å². The van der Waals surface area contributed by atoms with Crippen LogP contribution in [0.15, 0.2) is 248 Å². The molecule has 0 unspecified atom stereocenters. The number of aryl methyl sites for hydroxylation is 1. The summed E-state index contributed by atoms with van der Waals surface area (Å²) in [6.07, 6.45) is 12.5. The molecule has 0 bridgehead atoms.